The van der Waals surface area contributed by atoms with Gasteiger partial charge in [0.05, 0.1) is 23.3 Å². The maximum atomic E-state index is 15.1. The molecule has 8 heteroatoms. The lowest BCUT2D eigenvalue weighted by Gasteiger charge is -2.31. The van der Waals surface area contributed by atoms with E-state index in [1.807, 2.05) is 11.0 Å². The molecule has 0 unspecified atom stereocenters. The van der Waals surface area contributed by atoms with Gasteiger partial charge in [0.25, 0.3) is 0 Å². The third-order valence-corrected chi connectivity index (χ3v) is 5.69. The van der Waals surface area contributed by atoms with Crippen molar-refractivity contribution in [2.75, 3.05) is 11.4 Å². The fourth-order valence-electron chi connectivity index (χ4n) is 4.10. The monoisotopic (exact) mass is 425 g/mol. The summed E-state index contributed by atoms with van der Waals surface area (Å²) in [7, 11) is 1.77. The van der Waals surface area contributed by atoms with Gasteiger partial charge in [0, 0.05) is 30.7 Å². The smallest absolute Gasteiger partial charge is 0.204 e. The second-order valence-corrected chi connectivity index (χ2v) is 8.41. The zero-order valence-electron chi connectivity index (χ0n) is 18.0. The summed E-state index contributed by atoms with van der Waals surface area (Å²) >= 11 is 0. The van der Waals surface area contributed by atoms with Gasteiger partial charge >= 0.3 is 0 Å². The summed E-state index contributed by atoms with van der Waals surface area (Å²) in [5.74, 6) is 6.31. The van der Waals surface area contributed by atoms with Crippen LogP contribution >= 0.6 is 0 Å². The number of nitrogens with zero attached hydrogens (tertiary/aromatic N) is 7. The lowest BCUT2D eigenvalue weighted by atomic mass is 9.94. The summed E-state index contributed by atoms with van der Waals surface area (Å²) in [4.78, 5) is 11.1. The molecule has 1 aliphatic rings. The highest BCUT2D eigenvalue weighted by Crippen LogP contribution is 2.39. The molecular weight excluding hydrogens is 405 g/mol. The minimum atomic E-state index is -0.755. The van der Waals surface area contributed by atoms with Gasteiger partial charge in [-0.25, -0.2) is 14.1 Å². The fourth-order valence-corrected chi connectivity index (χ4v) is 4.10. The first kappa shape index (κ1) is 19.9. The number of rotatable bonds is 1. The molecule has 5 rings (SSSR count). The van der Waals surface area contributed by atoms with Crippen molar-refractivity contribution in [3.05, 3.63) is 47.5 Å². The summed E-state index contributed by atoms with van der Waals surface area (Å²) in [5, 5.41) is 18.7. The molecule has 0 saturated carbocycles. The van der Waals surface area contributed by atoms with Gasteiger partial charge in [-0.05, 0) is 38.3 Å². The molecule has 0 bridgehead atoms. The van der Waals surface area contributed by atoms with E-state index in [9.17, 15) is 5.26 Å². The van der Waals surface area contributed by atoms with Gasteiger partial charge in [0.2, 0.25) is 5.65 Å². The summed E-state index contributed by atoms with van der Waals surface area (Å²) in [6.45, 7) is 4.23. The Bertz CT molecular complexity index is 1480. The van der Waals surface area contributed by atoms with Crippen LogP contribution in [-0.2, 0) is 13.5 Å². The summed E-state index contributed by atoms with van der Waals surface area (Å²) in [6.07, 6.45) is 5.16. The maximum Gasteiger partial charge on any atom is 0.204 e. The Kier molecular flexibility index (Phi) is 4.53. The predicted molar refractivity (Wildman–Crippen MR) is 120 cm³/mol. The summed E-state index contributed by atoms with van der Waals surface area (Å²) in [5.41, 5.74) is 3.05. The Hall–Kier alpha value is -4.04. The summed E-state index contributed by atoms with van der Waals surface area (Å²) in [6, 6.07) is 7.19. The van der Waals surface area contributed by atoms with E-state index in [1.165, 1.54) is 6.07 Å². The van der Waals surface area contributed by atoms with E-state index < -0.39 is 5.41 Å². The molecule has 0 atom stereocenters. The van der Waals surface area contributed by atoms with E-state index in [2.05, 4.69) is 33.2 Å². The molecule has 3 aromatic heterocycles. The fraction of sp³-hybridized carbons (Fsp3) is 0.292. The van der Waals surface area contributed by atoms with Crippen LogP contribution in [-0.4, -0.2) is 31.5 Å². The molecule has 32 heavy (non-hydrogen) atoms. The minimum Gasteiger partial charge on any atom is -0.324 e. The van der Waals surface area contributed by atoms with E-state index >= 15 is 4.39 Å². The van der Waals surface area contributed by atoms with Crippen molar-refractivity contribution >= 4 is 33.4 Å². The van der Waals surface area contributed by atoms with E-state index in [-0.39, 0.29) is 5.82 Å². The number of fused-ring (bicyclic) bond motifs is 4. The number of aryl methyl sites for hydroxylation is 1. The van der Waals surface area contributed by atoms with E-state index in [0.717, 1.165) is 29.7 Å². The highest BCUT2D eigenvalue weighted by molar-refractivity contribution is 6.08. The number of benzene rings is 1. The first-order chi connectivity index (χ1) is 15.4. The molecule has 1 aliphatic heterocycles. The Balaban J connectivity index is 1.74. The van der Waals surface area contributed by atoms with Crippen LogP contribution in [0, 0.1) is 34.4 Å². The van der Waals surface area contributed by atoms with Crippen molar-refractivity contribution in [3.8, 4) is 17.9 Å². The third kappa shape index (κ3) is 3.12. The van der Waals surface area contributed by atoms with Crippen LogP contribution in [0.5, 0.6) is 0 Å². The zero-order valence-corrected chi connectivity index (χ0v) is 18.0. The molecule has 0 N–H and O–H groups in total. The Morgan fingerprint density at radius 3 is 2.88 bits per heavy atom. The van der Waals surface area contributed by atoms with Crippen LogP contribution in [0.3, 0.4) is 0 Å². The molecule has 0 saturated heterocycles. The van der Waals surface area contributed by atoms with Crippen LogP contribution in [0.4, 0.5) is 15.9 Å². The van der Waals surface area contributed by atoms with E-state index in [1.54, 1.807) is 44.0 Å². The van der Waals surface area contributed by atoms with Crippen LogP contribution in [0.15, 0.2) is 30.6 Å². The Morgan fingerprint density at radius 2 is 2.06 bits per heavy atom. The molecule has 0 fully saturated rings. The normalized spacial score (nSPS) is 13.5. The van der Waals surface area contributed by atoms with Crippen molar-refractivity contribution in [1.29, 1.82) is 5.26 Å². The zero-order chi connectivity index (χ0) is 22.5. The van der Waals surface area contributed by atoms with Gasteiger partial charge in [-0.15, -0.1) is 5.10 Å². The number of pyridine rings is 2. The standard InChI is InChI=1S/C24H20FN7/c1-24(2,14-26)10-9-15-12-27-13-19-16(15)7-5-11-32(19)23-20-17(6-4-8-18(20)25)21-22(28-23)29-30-31(21)3/h4,6,8,12-13H,5,7,11H2,1-3H3. The molecule has 0 aliphatic carbocycles. The van der Waals surface area contributed by atoms with Gasteiger partial charge in [-0.1, -0.05) is 29.2 Å². The molecule has 4 heterocycles. The largest absolute Gasteiger partial charge is 0.324 e. The van der Waals surface area contributed by atoms with E-state index in [4.69, 9.17) is 4.98 Å². The van der Waals surface area contributed by atoms with Crippen molar-refractivity contribution < 1.29 is 4.39 Å². The summed E-state index contributed by atoms with van der Waals surface area (Å²) < 4.78 is 16.7. The predicted octanol–water partition coefficient (Wildman–Crippen LogP) is 4.04. The Morgan fingerprint density at radius 1 is 1.22 bits per heavy atom. The highest BCUT2D eigenvalue weighted by Gasteiger charge is 2.26. The molecule has 7 nitrogen and oxygen atoms in total. The minimum absolute atomic E-state index is 0.347. The second kappa shape index (κ2) is 7.28. The molecule has 1 aromatic carbocycles. The molecule has 0 amide bonds. The SMILES string of the molecule is Cn1nnc2nc(N3CCCc4c(C#CC(C)(C)C#N)cncc43)c3c(F)cccc3c21. The lowest BCUT2D eigenvalue weighted by Crippen LogP contribution is -2.26. The molecule has 0 radical (unpaired) electrons. The van der Waals surface area contributed by atoms with Gasteiger partial charge in [0.1, 0.15) is 22.6 Å². The van der Waals surface area contributed by atoms with Crippen LogP contribution in [0.1, 0.15) is 31.4 Å². The number of hydrogen-bond donors (Lipinski definition) is 0. The van der Waals surface area contributed by atoms with Gasteiger partial charge in [-0.3, -0.25) is 4.98 Å². The highest BCUT2D eigenvalue weighted by atomic mass is 19.1. The molecule has 0 spiro atoms. The molecule has 4 aromatic rings. The average Bonchev–Trinajstić information content (AvgIpc) is 3.18. The molecular formula is C24H20FN7. The van der Waals surface area contributed by atoms with Gasteiger partial charge < -0.3 is 4.90 Å². The number of hydrogen-bond acceptors (Lipinski definition) is 6. The van der Waals surface area contributed by atoms with Crippen LogP contribution in [0.2, 0.25) is 0 Å². The molecule has 158 valence electrons. The van der Waals surface area contributed by atoms with Gasteiger partial charge in [0.15, 0.2) is 0 Å². The van der Waals surface area contributed by atoms with Gasteiger partial charge in [-0.2, -0.15) is 5.26 Å². The quantitative estimate of drug-likeness (QED) is 0.428. The first-order valence-corrected chi connectivity index (χ1v) is 10.4. The van der Waals surface area contributed by atoms with Crippen molar-refractivity contribution in [2.45, 2.75) is 26.7 Å². The number of nitriles is 1. The average molecular weight is 425 g/mol. The maximum absolute atomic E-state index is 15.1. The van der Waals surface area contributed by atoms with Crippen LogP contribution < -0.4 is 4.90 Å². The lowest BCUT2D eigenvalue weighted by molar-refractivity contribution is 0.639. The number of aromatic nitrogens is 5. The van der Waals surface area contributed by atoms with Crippen molar-refractivity contribution in [3.63, 3.8) is 0 Å². The number of anilines is 2. The third-order valence-electron chi connectivity index (χ3n) is 5.69. The van der Waals surface area contributed by atoms with Crippen molar-refractivity contribution in [1.82, 2.24) is 25.0 Å². The first-order valence-electron chi connectivity index (χ1n) is 10.4. The topological polar surface area (TPSA) is 83.5 Å². The Labute approximate surface area is 184 Å². The number of halogens is 1. The van der Waals surface area contributed by atoms with E-state index in [0.29, 0.717) is 34.3 Å². The van der Waals surface area contributed by atoms with Crippen molar-refractivity contribution in [2.24, 2.45) is 12.5 Å². The van der Waals surface area contributed by atoms with Crippen LogP contribution in [0.25, 0.3) is 21.9 Å². The second-order valence-electron chi connectivity index (χ2n) is 8.41.